The second-order valence-electron chi connectivity index (χ2n) is 5.20. The highest BCUT2D eigenvalue weighted by Gasteiger charge is 2.14. The first kappa shape index (κ1) is 15.4. The maximum absolute atomic E-state index is 4.62. The van der Waals surface area contributed by atoms with Crippen LogP contribution in [0.3, 0.4) is 0 Å². The Balaban J connectivity index is 1.97. The summed E-state index contributed by atoms with van der Waals surface area (Å²) in [6.45, 7) is 6.15. The van der Waals surface area contributed by atoms with Crippen molar-refractivity contribution in [3.63, 3.8) is 0 Å². The van der Waals surface area contributed by atoms with Crippen LogP contribution in [0, 0.1) is 0 Å². The highest BCUT2D eigenvalue weighted by Crippen LogP contribution is 2.25. The third-order valence-electron chi connectivity index (χ3n) is 3.39. The molecule has 0 amide bonds. The molecule has 112 valence electrons. The van der Waals surface area contributed by atoms with E-state index in [0.717, 1.165) is 48.6 Å². The third-order valence-corrected chi connectivity index (χ3v) is 4.79. The fourth-order valence-electron chi connectivity index (χ4n) is 2.38. The highest BCUT2D eigenvalue weighted by molar-refractivity contribution is 7.99. The van der Waals surface area contributed by atoms with E-state index in [4.69, 9.17) is 0 Å². The monoisotopic (exact) mass is 294 g/mol. The maximum Gasteiger partial charge on any atom is 0.133 e. The first-order valence-corrected chi connectivity index (χ1v) is 8.84. The molecule has 0 aromatic carbocycles. The number of hydrogen-bond donors (Lipinski definition) is 2. The first-order valence-electron chi connectivity index (χ1n) is 7.79. The molecule has 5 heteroatoms. The molecule has 0 radical (unpaired) electrons. The minimum absolute atomic E-state index is 0.732. The van der Waals surface area contributed by atoms with Crippen molar-refractivity contribution in [3.05, 3.63) is 11.9 Å². The molecular formula is C15H26N4S. The molecule has 2 N–H and O–H groups in total. The summed E-state index contributed by atoms with van der Waals surface area (Å²) in [5.74, 6) is 4.14. The largest absolute Gasteiger partial charge is 0.370 e. The Bertz CT molecular complexity index is 381. The molecule has 0 aliphatic carbocycles. The molecule has 1 aliphatic rings. The van der Waals surface area contributed by atoms with Gasteiger partial charge in [-0.05, 0) is 31.9 Å². The molecule has 1 atom stereocenters. The number of nitrogens with zero attached hydrogens (tertiary/aromatic N) is 2. The molecule has 0 spiro atoms. The minimum atomic E-state index is 0.732. The van der Waals surface area contributed by atoms with Gasteiger partial charge in [0.25, 0.3) is 0 Å². The van der Waals surface area contributed by atoms with E-state index in [0.29, 0.717) is 0 Å². The van der Waals surface area contributed by atoms with Gasteiger partial charge in [-0.3, -0.25) is 0 Å². The van der Waals surface area contributed by atoms with Crippen molar-refractivity contribution in [2.75, 3.05) is 29.5 Å². The topological polar surface area (TPSA) is 49.8 Å². The van der Waals surface area contributed by atoms with Gasteiger partial charge in [-0.2, -0.15) is 11.8 Å². The summed E-state index contributed by atoms with van der Waals surface area (Å²) in [4.78, 5) is 9.16. The van der Waals surface area contributed by atoms with Gasteiger partial charge in [-0.25, -0.2) is 9.97 Å². The van der Waals surface area contributed by atoms with Gasteiger partial charge >= 0.3 is 0 Å². The second-order valence-corrected chi connectivity index (χ2v) is 6.61. The normalized spacial score (nSPS) is 18.8. The number of anilines is 2. The van der Waals surface area contributed by atoms with Crippen molar-refractivity contribution >= 4 is 23.4 Å². The van der Waals surface area contributed by atoms with E-state index in [9.17, 15) is 0 Å². The van der Waals surface area contributed by atoms with Gasteiger partial charge in [0.15, 0.2) is 0 Å². The third kappa shape index (κ3) is 4.85. The average Bonchev–Trinajstić information content (AvgIpc) is 2.47. The lowest BCUT2D eigenvalue weighted by molar-refractivity contribution is 0.676. The minimum Gasteiger partial charge on any atom is -0.370 e. The van der Waals surface area contributed by atoms with E-state index in [1.165, 1.54) is 25.0 Å². The summed E-state index contributed by atoms with van der Waals surface area (Å²) in [6.07, 6.45) is 6.08. The Morgan fingerprint density at radius 3 is 2.65 bits per heavy atom. The average molecular weight is 294 g/mol. The lowest BCUT2D eigenvalue weighted by Crippen LogP contribution is -2.21. The van der Waals surface area contributed by atoms with Gasteiger partial charge in [0.05, 0.1) is 0 Å². The lowest BCUT2D eigenvalue weighted by Gasteiger charge is -2.21. The summed E-state index contributed by atoms with van der Waals surface area (Å²) >= 11 is 2.09. The van der Waals surface area contributed by atoms with Crippen LogP contribution in [0.4, 0.5) is 11.6 Å². The molecule has 1 aromatic heterocycles. The number of thioether (sulfide) groups is 1. The molecule has 1 aromatic rings. The summed E-state index contributed by atoms with van der Waals surface area (Å²) in [5, 5.41) is 7.52. The van der Waals surface area contributed by atoms with Crippen LogP contribution >= 0.6 is 11.8 Å². The molecular weight excluding hydrogens is 268 g/mol. The van der Waals surface area contributed by atoms with Crippen LogP contribution < -0.4 is 10.6 Å². The van der Waals surface area contributed by atoms with Crippen molar-refractivity contribution in [3.8, 4) is 0 Å². The van der Waals surface area contributed by atoms with Crippen LogP contribution in [0.2, 0.25) is 0 Å². The van der Waals surface area contributed by atoms with E-state index in [1.807, 2.05) is 6.07 Å². The quantitative estimate of drug-likeness (QED) is 0.805. The zero-order valence-corrected chi connectivity index (χ0v) is 13.4. The summed E-state index contributed by atoms with van der Waals surface area (Å²) < 4.78 is 0. The van der Waals surface area contributed by atoms with E-state index in [2.05, 4.69) is 46.2 Å². The van der Waals surface area contributed by atoms with Crippen molar-refractivity contribution in [2.45, 2.75) is 51.2 Å². The molecule has 2 heterocycles. The van der Waals surface area contributed by atoms with Crippen LogP contribution in [0.15, 0.2) is 6.07 Å². The van der Waals surface area contributed by atoms with Crippen molar-refractivity contribution in [1.29, 1.82) is 0 Å². The summed E-state index contributed by atoms with van der Waals surface area (Å²) in [5.41, 5.74) is 0. The SMILES string of the molecule is CCCc1nc(NCC)cc(NCC2CCCCS2)n1. The fourth-order valence-corrected chi connectivity index (χ4v) is 3.62. The van der Waals surface area contributed by atoms with Crippen LogP contribution in [0.25, 0.3) is 0 Å². The molecule has 1 aliphatic heterocycles. The van der Waals surface area contributed by atoms with E-state index in [1.54, 1.807) is 0 Å². The second kappa shape index (κ2) is 8.35. The van der Waals surface area contributed by atoms with E-state index < -0.39 is 0 Å². The van der Waals surface area contributed by atoms with Gasteiger partial charge < -0.3 is 10.6 Å². The van der Waals surface area contributed by atoms with Crippen LogP contribution in [0.5, 0.6) is 0 Å². The number of aryl methyl sites for hydroxylation is 1. The molecule has 1 saturated heterocycles. The fraction of sp³-hybridized carbons (Fsp3) is 0.733. The standard InChI is InChI=1S/C15H26N4S/c1-3-7-13-18-14(16-4-2)10-15(19-13)17-11-12-8-5-6-9-20-12/h10,12H,3-9,11H2,1-2H3,(H2,16,17,18,19). The number of rotatable bonds is 7. The zero-order chi connectivity index (χ0) is 14.2. The smallest absolute Gasteiger partial charge is 0.133 e. The Kier molecular flexibility index (Phi) is 6.43. The Morgan fingerprint density at radius 1 is 1.20 bits per heavy atom. The molecule has 20 heavy (non-hydrogen) atoms. The Morgan fingerprint density at radius 2 is 2.00 bits per heavy atom. The van der Waals surface area contributed by atoms with Crippen LogP contribution in [0.1, 0.15) is 45.4 Å². The predicted molar refractivity (Wildman–Crippen MR) is 88.8 cm³/mol. The molecule has 4 nitrogen and oxygen atoms in total. The van der Waals surface area contributed by atoms with Crippen LogP contribution in [-0.4, -0.2) is 34.1 Å². The van der Waals surface area contributed by atoms with Gasteiger partial charge in [-0.15, -0.1) is 0 Å². The number of aromatic nitrogens is 2. The highest BCUT2D eigenvalue weighted by atomic mass is 32.2. The molecule has 2 rings (SSSR count). The molecule has 0 saturated carbocycles. The van der Waals surface area contributed by atoms with E-state index >= 15 is 0 Å². The van der Waals surface area contributed by atoms with Crippen LogP contribution in [-0.2, 0) is 6.42 Å². The van der Waals surface area contributed by atoms with Gasteiger partial charge in [-0.1, -0.05) is 13.3 Å². The lowest BCUT2D eigenvalue weighted by atomic mass is 10.2. The zero-order valence-electron chi connectivity index (χ0n) is 12.6. The van der Waals surface area contributed by atoms with Crippen molar-refractivity contribution in [2.24, 2.45) is 0 Å². The molecule has 1 unspecified atom stereocenters. The first-order chi connectivity index (χ1) is 9.81. The summed E-state index contributed by atoms with van der Waals surface area (Å²) in [7, 11) is 0. The summed E-state index contributed by atoms with van der Waals surface area (Å²) in [6, 6.07) is 2.02. The van der Waals surface area contributed by atoms with Crippen molar-refractivity contribution in [1.82, 2.24) is 9.97 Å². The number of hydrogen-bond acceptors (Lipinski definition) is 5. The Labute approximate surface area is 126 Å². The molecule has 0 bridgehead atoms. The van der Waals surface area contributed by atoms with Gasteiger partial charge in [0.2, 0.25) is 0 Å². The number of nitrogens with one attached hydrogen (secondary N) is 2. The van der Waals surface area contributed by atoms with Crippen molar-refractivity contribution < 1.29 is 0 Å². The Hall–Kier alpha value is -0.970. The van der Waals surface area contributed by atoms with Gasteiger partial charge in [0, 0.05) is 30.8 Å². The van der Waals surface area contributed by atoms with Gasteiger partial charge in [0.1, 0.15) is 17.5 Å². The predicted octanol–water partition coefficient (Wildman–Crippen LogP) is 3.56. The maximum atomic E-state index is 4.62. The van der Waals surface area contributed by atoms with E-state index in [-0.39, 0.29) is 0 Å². The molecule has 1 fully saturated rings.